The van der Waals surface area contributed by atoms with E-state index in [0.717, 1.165) is 25.1 Å². The summed E-state index contributed by atoms with van der Waals surface area (Å²) in [4.78, 5) is 2.30. The lowest BCUT2D eigenvalue weighted by Gasteiger charge is -2.21. The highest BCUT2D eigenvalue weighted by atomic mass is 35.5. The summed E-state index contributed by atoms with van der Waals surface area (Å²) in [6.45, 7) is 3.01. The molecule has 0 unspecified atom stereocenters. The minimum absolute atomic E-state index is 0.168. The van der Waals surface area contributed by atoms with Gasteiger partial charge in [-0.1, -0.05) is 17.7 Å². The Bertz CT molecular complexity index is 577. The Balaban J connectivity index is 2.30. The maximum absolute atomic E-state index is 12.7. The zero-order valence-corrected chi connectivity index (χ0v) is 13.1. The summed E-state index contributed by atoms with van der Waals surface area (Å²) in [5.41, 5.74) is 6.36. The van der Waals surface area contributed by atoms with Crippen LogP contribution in [0, 0.1) is 0 Å². The number of hydrogen-bond donors (Lipinski definition) is 1. The first-order chi connectivity index (χ1) is 9.45. The quantitative estimate of drug-likeness (QED) is 0.907. The molecular formula is C13H20ClN3O2S. The van der Waals surface area contributed by atoms with Crippen LogP contribution < -0.4 is 5.73 Å². The molecule has 1 aliphatic rings. The Labute approximate surface area is 125 Å². The maximum Gasteiger partial charge on any atom is 0.244 e. The minimum atomic E-state index is -3.53. The van der Waals surface area contributed by atoms with Crippen molar-refractivity contribution in [1.29, 1.82) is 0 Å². The van der Waals surface area contributed by atoms with Gasteiger partial charge in [0, 0.05) is 26.2 Å². The van der Waals surface area contributed by atoms with Crippen LogP contribution in [-0.2, 0) is 16.6 Å². The van der Waals surface area contributed by atoms with Crippen molar-refractivity contribution in [2.24, 2.45) is 5.73 Å². The van der Waals surface area contributed by atoms with E-state index >= 15 is 0 Å². The Hall–Kier alpha value is -0.660. The molecule has 1 aromatic carbocycles. The highest BCUT2D eigenvalue weighted by Crippen LogP contribution is 2.26. The summed E-state index contributed by atoms with van der Waals surface area (Å²) in [6, 6.07) is 4.88. The first kappa shape index (κ1) is 15.7. The van der Waals surface area contributed by atoms with Crippen LogP contribution in [0.2, 0.25) is 5.02 Å². The summed E-state index contributed by atoms with van der Waals surface area (Å²) >= 11 is 6.11. The minimum Gasteiger partial charge on any atom is -0.326 e. The zero-order chi connectivity index (χ0) is 14.8. The zero-order valence-electron chi connectivity index (χ0n) is 11.5. The third kappa shape index (κ3) is 3.32. The average Bonchev–Trinajstić information content (AvgIpc) is 2.63. The van der Waals surface area contributed by atoms with E-state index in [2.05, 4.69) is 4.90 Å². The maximum atomic E-state index is 12.7. The second kappa shape index (κ2) is 6.41. The van der Waals surface area contributed by atoms with E-state index in [0.29, 0.717) is 19.6 Å². The van der Waals surface area contributed by atoms with Crippen molar-refractivity contribution < 1.29 is 8.42 Å². The number of sulfonamides is 1. The molecule has 1 saturated heterocycles. The lowest BCUT2D eigenvalue weighted by atomic mass is 10.2. The van der Waals surface area contributed by atoms with Crippen molar-refractivity contribution in [3.05, 3.63) is 28.8 Å². The molecule has 0 bridgehead atoms. The molecule has 5 nitrogen and oxygen atoms in total. The van der Waals surface area contributed by atoms with Crippen molar-refractivity contribution in [3.8, 4) is 0 Å². The predicted molar refractivity (Wildman–Crippen MR) is 80.2 cm³/mol. The second-order valence-electron chi connectivity index (χ2n) is 5.03. The third-order valence-corrected chi connectivity index (χ3v) is 5.91. The fourth-order valence-corrected chi connectivity index (χ4v) is 4.29. The molecule has 0 spiro atoms. The van der Waals surface area contributed by atoms with E-state index in [1.54, 1.807) is 18.2 Å². The smallest absolute Gasteiger partial charge is 0.244 e. The van der Waals surface area contributed by atoms with Crippen LogP contribution in [0.15, 0.2) is 23.1 Å². The molecule has 1 aliphatic heterocycles. The van der Waals surface area contributed by atoms with Gasteiger partial charge in [0.1, 0.15) is 4.90 Å². The first-order valence-electron chi connectivity index (χ1n) is 6.62. The third-order valence-electron chi connectivity index (χ3n) is 3.53. The highest BCUT2D eigenvalue weighted by Gasteiger charge is 2.28. The van der Waals surface area contributed by atoms with Gasteiger partial charge >= 0.3 is 0 Å². The van der Waals surface area contributed by atoms with E-state index < -0.39 is 10.0 Å². The molecule has 7 heteroatoms. The predicted octanol–water partition coefficient (Wildman–Crippen LogP) is 1.12. The van der Waals surface area contributed by atoms with Gasteiger partial charge in [-0.25, -0.2) is 8.42 Å². The molecule has 2 N–H and O–H groups in total. The molecule has 20 heavy (non-hydrogen) atoms. The number of halogens is 1. The fourth-order valence-electron chi connectivity index (χ4n) is 2.28. The Morgan fingerprint density at radius 2 is 2.00 bits per heavy atom. The first-order valence-corrected chi connectivity index (χ1v) is 8.44. The molecule has 1 aromatic rings. The molecule has 1 heterocycles. The molecule has 0 atom stereocenters. The standard InChI is InChI=1S/C13H20ClN3O2S/c1-16-5-2-6-17(8-7-16)20(18,19)13-4-3-11(10-15)9-12(13)14/h3-4,9H,2,5-8,10,15H2,1H3. The van der Waals surface area contributed by atoms with E-state index in [4.69, 9.17) is 17.3 Å². The van der Waals surface area contributed by atoms with E-state index in [-0.39, 0.29) is 9.92 Å². The van der Waals surface area contributed by atoms with Crippen LogP contribution >= 0.6 is 11.6 Å². The van der Waals surface area contributed by atoms with Crippen molar-refractivity contribution >= 4 is 21.6 Å². The van der Waals surface area contributed by atoms with Crippen molar-refractivity contribution in [3.63, 3.8) is 0 Å². The largest absolute Gasteiger partial charge is 0.326 e. The molecule has 0 radical (unpaired) electrons. The van der Waals surface area contributed by atoms with Crippen LogP contribution in [0.5, 0.6) is 0 Å². The van der Waals surface area contributed by atoms with Crippen LogP contribution in [0.1, 0.15) is 12.0 Å². The molecule has 1 fully saturated rings. The number of nitrogens with zero attached hydrogens (tertiary/aromatic N) is 2. The fraction of sp³-hybridized carbons (Fsp3) is 0.538. The Morgan fingerprint density at radius 3 is 2.65 bits per heavy atom. The summed E-state index contributed by atoms with van der Waals surface area (Å²) in [5, 5.41) is 0.241. The topological polar surface area (TPSA) is 66.6 Å². The Kier molecular flexibility index (Phi) is 5.04. The molecule has 2 rings (SSSR count). The SMILES string of the molecule is CN1CCCN(S(=O)(=O)c2ccc(CN)cc2Cl)CC1. The lowest BCUT2D eigenvalue weighted by molar-refractivity contribution is 0.347. The molecule has 112 valence electrons. The van der Waals surface area contributed by atoms with E-state index in [1.807, 2.05) is 7.05 Å². The Morgan fingerprint density at radius 1 is 1.25 bits per heavy atom. The van der Waals surface area contributed by atoms with Gasteiger partial charge in [-0.3, -0.25) is 0 Å². The molecule has 0 aromatic heterocycles. The van der Waals surface area contributed by atoms with Gasteiger partial charge in [-0.15, -0.1) is 0 Å². The highest BCUT2D eigenvalue weighted by molar-refractivity contribution is 7.89. The van der Waals surface area contributed by atoms with Gasteiger partial charge in [-0.05, 0) is 37.7 Å². The summed E-state index contributed by atoms with van der Waals surface area (Å²) in [6.07, 6.45) is 0.828. The number of nitrogens with two attached hydrogens (primary N) is 1. The van der Waals surface area contributed by atoms with Crippen LogP contribution in [-0.4, -0.2) is 50.8 Å². The molecule has 0 aliphatic carbocycles. The summed E-state index contributed by atoms with van der Waals surface area (Å²) < 4.78 is 26.8. The van der Waals surface area contributed by atoms with Crippen molar-refractivity contribution in [2.75, 3.05) is 33.2 Å². The molecule has 0 saturated carbocycles. The van der Waals surface area contributed by atoms with Gasteiger partial charge in [0.2, 0.25) is 10.0 Å². The van der Waals surface area contributed by atoms with Crippen LogP contribution in [0.4, 0.5) is 0 Å². The average molecular weight is 318 g/mol. The monoisotopic (exact) mass is 317 g/mol. The number of rotatable bonds is 3. The number of benzene rings is 1. The van der Waals surface area contributed by atoms with Crippen molar-refractivity contribution in [1.82, 2.24) is 9.21 Å². The van der Waals surface area contributed by atoms with Crippen LogP contribution in [0.3, 0.4) is 0 Å². The lowest BCUT2D eigenvalue weighted by Crippen LogP contribution is -2.34. The molecular weight excluding hydrogens is 298 g/mol. The second-order valence-corrected chi connectivity index (χ2v) is 7.34. The van der Waals surface area contributed by atoms with Gasteiger partial charge in [0.05, 0.1) is 5.02 Å². The van der Waals surface area contributed by atoms with E-state index in [9.17, 15) is 8.42 Å². The van der Waals surface area contributed by atoms with Crippen molar-refractivity contribution in [2.45, 2.75) is 17.9 Å². The molecule has 0 amide bonds. The normalized spacial score (nSPS) is 18.9. The van der Waals surface area contributed by atoms with Crippen LogP contribution in [0.25, 0.3) is 0 Å². The summed E-state index contributed by atoms with van der Waals surface area (Å²) in [5.74, 6) is 0. The number of likely N-dealkylation sites (N-methyl/N-ethyl adjacent to an activating group) is 1. The van der Waals surface area contributed by atoms with Gasteiger partial charge in [0.15, 0.2) is 0 Å². The van der Waals surface area contributed by atoms with Gasteiger partial charge < -0.3 is 10.6 Å². The van der Waals surface area contributed by atoms with Gasteiger partial charge in [-0.2, -0.15) is 4.31 Å². The van der Waals surface area contributed by atoms with E-state index in [1.165, 1.54) is 4.31 Å². The van der Waals surface area contributed by atoms with Gasteiger partial charge in [0.25, 0.3) is 0 Å². The summed E-state index contributed by atoms with van der Waals surface area (Å²) in [7, 11) is -1.53. The number of hydrogen-bond acceptors (Lipinski definition) is 4.